The molecule has 2 N–H and O–H groups in total. The highest BCUT2D eigenvalue weighted by Gasteiger charge is 2.30. The van der Waals surface area contributed by atoms with Crippen LogP contribution in [0.2, 0.25) is 0 Å². The predicted molar refractivity (Wildman–Crippen MR) is 65.4 cm³/mol. The highest BCUT2D eigenvalue weighted by Crippen LogP contribution is 2.33. The molecule has 0 amide bonds. The van der Waals surface area contributed by atoms with Gasteiger partial charge in [0.15, 0.2) is 0 Å². The van der Waals surface area contributed by atoms with Crippen LogP contribution in [-0.4, -0.2) is 33.7 Å². The van der Waals surface area contributed by atoms with Gasteiger partial charge in [-0.05, 0) is 32.1 Å². The molecule has 96 valence electrons. The number of rotatable bonds is 6. The molecule has 0 radical (unpaired) electrons. The number of nitrogens with two attached hydrogens (primary N) is 1. The van der Waals surface area contributed by atoms with Crippen molar-refractivity contribution in [3.05, 3.63) is 11.9 Å². The zero-order valence-electron chi connectivity index (χ0n) is 10.7. The van der Waals surface area contributed by atoms with Gasteiger partial charge in [-0.1, -0.05) is 5.21 Å². The van der Waals surface area contributed by atoms with Gasteiger partial charge >= 0.3 is 0 Å². The summed E-state index contributed by atoms with van der Waals surface area (Å²) >= 11 is 0. The summed E-state index contributed by atoms with van der Waals surface area (Å²) in [5.74, 6) is 0.734. The van der Waals surface area contributed by atoms with Crippen LogP contribution in [0.25, 0.3) is 0 Å². The second-order valence-electron chi connectivity index (χ2n) is 5.00. The second kappa shape index (κ2) is 5.60. The fourth-order valence-electron chi connectivity index (χ4n) is 2.51. The number of aromatic nitrogens is 3. The van der Waals surface area contributed by atoms with Gasteiger partial charge in [0, 0.05) is 32.3 Å². The van der Waals surface area contributed by atoms with Gasteiger partial charge in [-0.25, -0.2) is 0 Å². The first-order chi connectivity index (χ1) is 8.17. The van der Waals surface area contributed by atoms with E-state index in [1.807, 2.05) is 20.2 Å². The number of aryl methyl sites for hydroxylation is 1. The molecule has 0 bridgehead atoms. The number of ether oxygens (including phenoxy) is 1. The first-order valence-electron chi connectivity index (χ1n) is 6.39. The van der Waals surface area contributed by atoms with E-state index in [1.54, 1.807) is 4.68 Å². The molecule has 0 saturated heterocycles. The Kier molecular flexibility index (Phi) is 4.12. The van der Waals surface area contributed by atoms with E-state index in [9.17, 15) is 0 Å². The fourth-order valence-corrected chi connectivity index (χ4v) is 2.51. The van der Waals surface area contributed by atoms with Crippen molar-refractivity contribution >= 4 is 0 Å². The Hall–Kier alpha value is -0.940. The Balaban J connectivity index is 1.67. The standard InChI is InChI=1S/C12H22N4O/c1-3-17-12-5-9(6-12)4-10(13)7-11-8-16(2)15-14-11/h8-10,12H,3-7,13H2,1-2H3. The molecule has 1 atom stereocenters. The van der Waals surface area contributed by atoms with Crippen LogP contribution in [0.4, 0.5) is 0 Å². The molecule has 1 heterocycles. The van der Waals surface area contributed by atoms with E-state index < -0.39 is 0 Å². The topological polar surface area (TPSA) is 66.0 Å². The van der Waals surface area contributed by atoms with Gasteiger partial charge in [0.1, 0.15) is 0 Å². The highest BCUT2D eigenvalue weighted by atomic mass is 16.5. The molecule has 17 heavy (non-hydrogen) atoms. The minimum Gasteiger partial charge on any atom is -0.378 e. The van der Waals surface area contributed by atoms with Crippen molar-refractivity contribution in [1.29, 1.82) is 0 Å². The van der Waals surface area contributed by atoms with Gasteiger partial charge in [0.2, 0.25) is 0 Å². The second-order valence-corrected chi connectivity index (χ2v) is 5.00. The zero-order valence-corrected chi connectivity index (χ0v) is 10.7. The molecule has 1 unspecified atom stereocenters. The summed E-state index contributed by atoms with van der Waals surface area (Å²) in [7, 11) is 1.88. The van der Waals surface area contributed by atoms with Crippen LogP contribution in [-0.2, 0) is 18.2 Å². The lowest BCUT2D eigenvalue weighted by Gasteiger charge is -2.36. The molecule has 1 fully saturated rings. The Bertz CT molecular complexity index is 346. The van der Waals surface area contributed by atoms with Crippen LogP contribution in [0.1, 0.15) is 31.9 Å². The van der Waals surface area contributed by atoms with E-state index in [0.717, 1.165) is 31.1 Å². The normalized spacial score (nSPS) is 25.6. The maximum atomic E-state index is 6.13. The SMILES string of the molecule is CCOC1CC(CC(N)Cc2cn(C)nn2)C1. The number of hydrogen-bond acceptors (Lipinski definition) is 4. The molecule has 1 aromatic rings. The molecule has 0 spiro atoms. The van der Waals surface area contributed by atoms with Crippen molar-refractivity contribution < 1.29 is 4.74 Å². The van der Waals surface area contributed by atoms with E-state index in [-0.39, 0.29) is 6.04 Å². The summed E-state index contributed by atoms with van der Waals surface area (Å²) in [6.07, 6.45) is 6.64. The van der Waals surface area contributed by atoms with Gasteiger partial charge in [-0.3, -0.25) is 4.68 Å². The number of nitrogens with zero attached hydrogens (tertiary/aromatic N) is 3. The first kappa shape index (κ1) is 12.5. The summed E-state index contributed by atoms with van der Waals surface area (Å²) in [6, 6.07) is 0.194. The van der Waals surface area contributed by atoms with Crippen molar-refractivity contribution in [3.63, 3.8) is 0 Å². The lowest BCUT2D eigenvalue weighted by atomic mass is 9.78. The van der Waals surface area contributed by atoms with E-state index in [1.165, 1.54) is 12.8 Å². The minimum atomic E-state index is 0.194. The third-order valence-corrected chi connectivity index (χ3v) is 3.35. The fraction of sp³-hybridized carbons (Fsp3) is 0.833. The Morgan fingerprint density at radius 1 is 1.59 bits per heavy atom. The quantitative estimate of drug-likeness (QED) is 0.799. The van der Waals surface area contributed by atoms with Crippen molar-refractivity contribution in [2.45, 2.75) is 44.8 Å². The average Bonchev–Trinajstić information content (AvgIpc) is 2.61. The molecular formula is C12H22N4O. The molecule has 1 aliphatic carbocycles. The van der Waals surface area contributed by atoms with Crippen molar-refractivity contribution in [2.75, 3.05) is 6.61 Å². The molecule has 2 rings (SSSR count). The van der Waals surface area contributed by atoms with E-state index in [0.29, 0.717) is 6.10 Å². The summed E-state index contributed by atoms with van der Waals surface area (Å²) in [5.41, 5.74) is 7.11. The summed E-state index contributed by atoms with van der Waals surface area (Å²) < 4.78 is 7.26. The molecular weight excluding hydrogens is 216 g/mol. The zero-order chi connectivity index (χ0) is 12.3. The van der Waals surface area contributed by atoms with Gasteiger partial charge in [-0.15, -0.1) is 5.10 Å². The smallest absolute Gasteiger partial charge is 0.0842 e. The van der Waals surface area contributed by atoms with Gasteiger partial charge in [0.25, 0.3) is 0 Å². The summed E-state index contributed by atoms with van der Waals surface area (Å²) in [5, 5.41) is 7.97. The van der Waals surface area contributed by atoms with Crippen LogP contribution in [0.15, 0.2) is 6.20 Å². The van der Waals surface area contributed by atoms with Crippen LogP contribution < -0.4 is 5.73 Å². The Morgan fingerprint density at radius 2 is 2.35 bits per heavy atom. The third-order valence-electron chi connectivity index (χ3n) is 3.35. The first-order valence-corrected chi connectivity index (χ1v) is 6.39. The lowest BCUT2D eigenvalue weighted by molar-refractivity contribution is -0.0281. The van der Waals surface area contributed by atoms with Crippen molar-refractivity contribution in [3.8, 4) is 0 Å². The molecule has 5 heteroatoms. The minimum absolute atomic E-state index is 0.194. The van der Waals surface area contributed by atoms with E-state index in [2.05, 4.69) is 10.3 Å². The summed E-state index contributed by atoms with van der Waals surface area (Å²) in [4.78, 5) is 0. The molecule has 1 aromatic heterocycles. The monoisotopic (exact) mass is 238 g/mol. The van der Waals surface area contributed by atoms with Crippen molar-refractivity contribution in [2.24, 2.45) is 18.7 Å². The van der Waals surface area contributed by atoms with Crippen LogP contribution >= 0.6 is 0 Å². The van der Waals surface area contributed by atoms with Crippen molar-refractivity contribution in [1.82, 2.24) is 15.0 Å². The maximum absolute atomic E-state index is 6.13. The summed E-state index contributed by atoms with van der Waals surface area (Å²) in [6.45, 7) is 2.87. The Labute approximate surface area is 102 Å². The lowest BCUT2D eigenvalue weighted by Crippen LogP contribution is -2.36. The molecule has 1 saturated carbocycles. The van der Waals surface area contributed by atoms with Gasteiger partial charge in [0.05, 0.1) is 11.8 Å². The van der Waals surface area contributed by atoms with E-state index in [4.69, 9.17) is 10.5 Å². The molecule has 0 aliphatic heterocycles. The van der Waals surface area contributed by atoms with Gasteiger partial charge in [-0.2, -0.15) is 0 Å². The van der Waals surface area contributed by atoms with Gasteiger partial charge < -0.3 is 10.5 Å². The largest absolute Gasteiger partial charge is 0.378 e. The van der Waals surface area contributed by atoms with Crippen LogP contribution in [0.5, 0.6) is 0 Å². The van der Waals surface area contributed by atoms with Crippen LogP contribution in [0.3, 0.4) is 0 Å². The molecule has 0 aromatic carbocycles. The third kappa shape index (κ3) is 3.51. The van der Waals surface area contributed by atoms with Crippen LogP contribution in [0, 0.1) is 5.92 Å². The molecule has 1 aliphatic rings. The maximum Gasteiger partial charge on any atom is 0.0842 e. The predicted octanol–water partition coefficient (Wildman–Crippen LogP) is 0.890. The number of hydrogen-bond donors (Lipinski definition) is 1. The Morgan fingerprint density at radius 3 is 2.94 bits per heavy atom. The average molecular weight is 238 g/mol. The highest BCUT2D eigenvalue weighted by molar-refractivity contribution is 4.96. The van der Waals surface area contributed by atoms with E-state index >= 15 is 0 Å². The molecule has 5 nitrogen and oxygen atoms in total.